The number of halogens is 2. The van der Waals surface area contributed by atoms with E-state index < -0.39 is 11.6 Å². The molecule has 2 N–H and O–H groups in total. The molecule has 0 fully saturated rings. The van der Waals surface area contributed by atoms with E-state index in [0.29, 0.717) is 11.5 Å². The topological polar surface area (TPSA) is 43.8 Å². The highest BCUT2D eigenvalue weighted by molar-refractivity contribution is 5.71. The molecule has 2 rings (SSSR count). The van der Waals surface area contributed by atoms with E-state index >= 15 is 0 Å². The molecule has 3 nitrogen and oxygen atoms in total. The maximum Gasteiger partial charge on any atom is 0.135 e. The Kier molecular flexibility index (Phi) is 4.06. The Balaban J connectivity index is 2.60. The smallest absolute Gasteiger partial charge is 0.135 e. The summed E-state index contributed by atoms with van der Waals surface area (Å²) >= 11 is 0. The summed E-state index contributed by atoms with van der Waals surface area (Å²) in [5.74, 6) is 0.00253. The van der Waals surface area contributed by atoms with Crippen LogP contribution in [0.4, 0.5) is 14.6 Å². The molecule has 0 aliphatic carbocycles. The van der Waals surface area contributed by atoms with Crippen LogP contribution in [-0.4, -0.2) is 9.55 Å². The third kappa shape index (κ3) is 2.53. The highest BCUT2D eigenvalue weighted by atomic mass is 19.1. The molecule has 0 unspecified atom stereocenters. The zero-order valence-corrected chi connectivity index (χ0v) is 12.0. The second kappa shape index (κ2) is 5.61. The lowest BCUT2D eigenvalue weighted by Gasteiger charge is -2.13. The Morgan fingerprint density at radius 3 is 2.55 bits per heavy atom. The Morgan fingerprint density at radius 2 is 2.00 bits per heavy atom. The first-order chi connectivity index (χ1) is 9.45. The number of nitrogens with zero attached hydrogens (tertiary/aromatic N) is 2. The lowest BCUT2D eigenvalue weighted by molar-refractivity contribution is 0.571. The summed E-state index contributed by atoms with van der Waals surface area (Å²) in [6, 6.07) is 3.58. The Hall–Kier alpha value is -1.91. The van der Waals surface area contributed by atoms with Crippen molar-refractivity contribution in [3.8, 4) is 11.3 Å². The Morgan fingerprint density at radius 1 is 1.30 bits per heavy atom. The monoisotopic (exact) mass is 279 g/mol. The average molecular weight is 279 g/mol. The van der Waals surface area contributed by atoms with Crippen LogP contribution in [-0.2, 0) is 6.42 Å². The maximum atomic E-state index is 13.9. The minimum atomic E-state index is -0.645. The van der Waals surface area contributed by atoms with Gasteiger partial charge in [0.15, 0.2) is 0 Å². The van der Waals surface area contributed by atoms with E-state index in [-0.39, 0.29) is 11.6 Å². The third-order valence-electron chi connectivity index (χ3n) is 3.20. The van der Waals surface area contributed by atoms with Crippen molar-refractivity contribution in [3.63, 3.8) is 0 Å². The SMILES string of the molecule is CCCc1nc(-c2ccc(F)cc2F)c(N)n1C(C)C. The molecule has 1 aromatic carbocycles. The number of aromatic nitrogens is 2. The van der Waals surface area contributed by atoms with Gasteiger partial charge in [-0.1, -0.05) is 6.92 Å². The van der Waals surface area contributed by atoms with Crippen molar-refractivity contribution in [3.05, 3.63) is 35.7 Å². The number of hydrogen-bond donors (Lipinski definition) is 1. The van der Waals surface area contributed by atoms with Crippen molar-refractivity contribution in [2.75, 3.05) is 5.73 Å². The number of nitrogen functional groups attached to an aromatic ring is 1. The van der Waals surface area contributed by atoms with E-state index in [0.717, 1.165) is 24.7 Å². The first-order valence-electron chi connectivity index (χ1n) is 6.77. The molecule has 0 spiro atoms. The zero-order chi connectivity index (χ0) is 14.9. The predicted molar refractivity (Wildman–Crippen MR) is 76.4 cm³/mol. The quantitative estimate of drug-likeness (QED) is 0.921. The van der Waals surface area contributed by atoms with Crippen molar-refractivity contribution in [1.29, 1.82) is 0 Å². The molecule has 0 aliphatic heterocycles. The number of hydrogen-bond acceptors (Lipinski definition) is 2. The lowest BCUT2D eigenvalue weighted by atomic mass is 10.1. The minimum Gasteiger partial charge on any atom is -0.383 e. The van der Waals surface area contributed by atoms with Crippen molar-refractivity contribution >= 4 is 5.82 Å². The van der Waals surface area contributed by atoms with Crippen LogP contribution in [0, 0.1) is 11.6 Å². The first-order valence-corrected chi connectivity index (χ1v) is 6.77. The molecule has 0 saturated carbocycles. The fourth-order valence-corrected chi connectivity index (χ4v) is 2.35. The summed E-state index contributed by atoms with van der Waals surface area (Å²) < 4.78 is 28.8. The largest absolute Gasteiger partial charge is 0.383 e. The van der Waals surface area contributed by atoms with Gasteiger partial charge in [-0.3, -0.25) is 0 Å². The molecule has 0 radical (unpaired) electrons. The van der Waals surface area contributed by atoms with Gasteiger partial charge in [-0.25, -0.2) is 13.8 Å². The normalized spacial score (nSPS) is 11.3. The standard InChI is InChI=1S/C15H19F2N3/c1-4-5-13-19-14(15(18)20(13)9(2)3)11-7-6-10(16)8-12(11)17/h6-9H,4-5,18H2,1-3H3. The number of nitrogens with two attached hydrogens (primary N) is 1. The number of imidazole rings is 1. The van der Waals surface area contributed by atoms with Crippen LogP contribution in [0.5, 0.6) is 0 Å². The molecule has 1 heterocycles. The summed E-state index contributed by atoms with van der Waals surface area (Å²) in [5, 5.41) is 0. The Labute approximate surface area is 117 Å². The molecule has 5 heteroatoms. The van der Waals surface area contributed by atoms with Crippen LogP contribution in [0.25, 0.3) is 11.3 Å². The Bertz CT molecular complexity index is 618. The molecule has 0 aliphatic rings. The van der Waals surface area contributed by atoms with Gasteiger partial charge < -0.3 is 10.3 Å². The minimum absolute atomic E-state index is 0.140. The van der Waals surface area contributed by atoms with Gasteiger partial charge >= 0.3 is 0 Å². The van der Waals surface area contributed by atoms with Crippen molar-refractivity contribution in [1.82, 2.24) is 9.55 Å². The zero-order valence-electron chi connectivity index (χ0n) is 12.0. The number of rotatable bonds is 4. The molecule has 0 amide bonds. The van der Waals surface area contributed by atoms with Crippen molar-refractivity contribution in [2.45, 2.75) is 39.7 Å². The number of anilines is 1. The molecule has 0 saturated heterocycles. The van der Waals surface area contributed by atoms with E-state index in [1.807, 2.05) is 25.3 Å². The van der Waals surface area contributed by atoms with Gasteiger partial charge in [0.25, 0.3) is 0 Å². The van der Waals surface area contributed by atoms with Crippen LogP contribution in [0.1, 0.15) is 39.1 Å². The number of benzene rings is 1. The molecule has 0 atom stereocenters. The second-order valence-corrected chi connectivity index (χ2v) is 5.10. The van der Waals surface area contributed by atoms with Crippen LogP contribution in [0.2, 0.25) is 0 Å². The van der Waals surface area contributed by atoms with Gasteiger partial charge in [-0.2, -0.15) is 0 Å². The van der Waals surface area contributed by atoms with Gasteiger partial charge in [-0.05, 0) is 32.4 Å². The van der Waals surface area contributed by atoms with Crippen molar-refractivity contribution < 1.29 is 8.78 Å². The van der Waals surface area contributed by atoms with Crippen LogP contribution in [0.15, 0.2) is 18.2 Å². The summed E-state index contributed by atoms with van der Waals surface area (Å²) in [7, 11) is 0. The summed E-state index contributed by atoms with van der Waals surface area (Å²) in [6.45, 7) is 6.05. The first kappa shape index (κ1) is 14.5. The second-order valence-electron chi connectivity index (χ2n) is 5.10. The van der Waals surface area contributed by atoms with E-state index in [4.69, 9.17) is 5.73 Å². The van der Waals surface area contributed by atoms with Gasteiger partial charge in [0.2, 0.25) is 0 Å². The van der Waals surface area contributed by atoms with Crippen LogP contribution in [0.3, 0.4) is 0 Å². The molecule has 0 bridgehead atoms. The predicted octanol–water partition coefficient (Wildman–Crippen LogP) is 3.94. The molecule has 20 heavy (non-hydrogen) atoms. The summed E-state index contributed by atoms with van der Waals surface area (Å²) in [5.41, 5.74) is 6.74. The van der Waals surface area contributed by atoms with Crippen molar-refractivity contribution in [2.24, 2.45) is 0 Å². The maximum absolute atomic E-state index is 13.9. The molecule has 108 valence electrons. The molecular weight excluding hydrogens is 260 g/mol. The van der Waals surface area contributed by atoms with Gasteiger partial charge in [-0.15, -0.1) is 0 Å². The lowest BCUT2D eigenvalue weighted by Crippen LogP contribution is -2.09. The molecular formula is C15H19F2N3. The molecule has 2 aromatic rings. The fourth-order valence-electron chi connectivity index (χ4n) is 2.35. The number of aryl methyl sites for hydroxylation is 1. The summed E-state index contributed by atoms with van der Waals surface area (Å²) in [6.07, 6.45) is 1.69. The highest BCUT2D eigenvalue weighted by Crippen LogP contribution is 2.31. The van der Waals surface area contributed by atoms with E-state index in [1.165, 1.54) is 12.1 Å². The fraction of sp³-hybridized carbons (Fsp3) is 0.400. The van der Waals surface area contributed by atoms with E-state index in [2.05, 4.69) is 4.98 Å². The van der Waals surface area contributed by atoms with E-state index in [1.54, 1.807) is 0 Å². The van der Waals surface area contributed by atoms with Gasteiger partial charge in [0.05, 0.1) is 0 Å². The van der Waals surface area contributed by atoms with E-state index in [9.17, 15) is 8.78 Å². The molecule has 1 aromatic heterocycles. The summed E-state index contributed by atoms with van der Waals surface area (Å²) in [4.78, 5) is 4.46. The average Bonchev–Trinajstić information content (AvgIpc) is 2.67. The highest BCUT2D eigenvalue weighted by Gasteiger charge is 2.20. The van der Waals surface area contributed by atoms with Gasteiger partial charge in [0.1, 0.15) is 29.0 Å². The van der Waals surface area contributed by atoms with Crippen LogP contribution >= 0.6 is 0 Å². The van der Waals surface area contributed by atoms with Crippen LogP contribution < -0.4 is 5.73 Å². The van der Waals surface area contributed by atoms with Gasteiger partial charge in [0, 0.05) is 24.1 Å². The third-order valence-corrected chi connectivity index (χ3v) is 3.20.